The fourth-order valence-electron chi connectivity index (χ4n) is 3.63. The van der Waals surface area contributed by atoms with E-state index in [1.165, 1.54) is 29.5 Å². The molecule has 3 aromatic rings. The molecule has 1 fully saturated rings. The summed E-state index contributed by atoms with van der Waals surface area (Å²) in [5.41, 5.74) is 1.26. The van der Waals surface area contributed by atoms with Gasteiger partial charge >= 0.3 is 0 Å². The molecule has 1 aromatic heterocycles. The summed E-state index contributed by atoms with van der Waals surface area (Å²) < 4.78 is 33.3. The molecule has 5 atom stereocenters. The van der Waals surface area contributed by atoms with Gasteiger partial charge in [-0.2, -0.15) is 0 Å². The summed E-state index contributed by atoms with van der Waals surface area (Å²) in [6.45, 7) is -0.616. The van der Waals surface area contributed by atoms with Crippen molar-refractivity contribution >= 4 is 22.9 Å². The van der Waals surface area contributed by atoms with Crippen LogP contribution in [0.1, 0.15) is 22.2 Å². The molecule has 0 bridgehead atoms. The lowest BCUT2D eigenvalue weighted by Gasteiger charge is -2.40. The highest BCUT2D eigenvalue weighted by Gasteiger charge is 2.44. The van der Waals surface area contributed by atoms with Crippen molar-refractivity contribution in [3.63, 3.8) is 0 Å². The predicted molar refractivity (Wildman–Crippen MR) is 114 cm³/mol. The normalized spacial score (nSPS) is 25.8. The summed E-state index contributed by atoms with van der Waals surface area (Å²) in [7, 11) is 0. The van der Waals surface area contributed by atoms with E-state index in [9.17, 15) is 29.2 Å². The molecular weight excluding hydrogens is 464 g/mol. The Morgan fingerprint density at radius 1 is 1.03 bits per heavy atom. The second-order valence-electron chi connectivity index (χ2n) is 7.52. The van der Waals surface area contributed by atoms with E-state index in [4.69, 9.17) is 16.3 Å². The van der Waals surface area contributed by atoms with Gasteiger partial charge in [0.25, 0.3) is 0 Å². The fraction of sp³-hybridized carbons (Fsp3) is 0.318. The smallest absolute Gasteiger partial charge is 0.130 e. The van der Waals surface area contributed by atoms with E-state index in [1.807, 2.05) is 0 Å². The van der Waals surface area contributed by atoms with E-state index in [0.717, 1.165) is 16.5 Å². The zero-order chi connectivity index (χ0) is 23.0. The minimum Gasteiger partial charge on any atom is -0.394 e. The van der Waals surface area contributed by atoms with Crippen molar-refractivity contribution in [3.8, 4) is 10.4 Å². The lowest BCUT2D eigenvalue weighted by atomic mass is 9.90. The van der Waals surface area contributed by atoms with Gasteiger partial charge in [0.1, 0.15) is 42.2 Å². The standard InChI is InChI=1S/C22H20ClF2NO5S/c23-14-7-15(25)13(22-21(30)20(29)19(28)16(9-27)31-22)5-11(14)6-18-26-8-17(32-18)10-1-3-12(24)4-2-10/h1-5,7-8,16,19-22,27-30H,6,9H2/t16-,19-,20+,21-,22+/m1/s1. The number of rotatable bonds is 5. The van der Waals surface area contributed by atoms with Crippen LogP contribution in [0.4, 0.5) is 8.78 Å². The second-order valence-corrected chi connectivity index (χ2v) is 9.04. The second kappa shape index (κ2) is 9.48. The SMILES string of the molecule is OC[C@H]1O[C@@H](c2cc(Cc3ncc(-c4ccc(F)cc4)s3)c(Cl)cc2F)[C@H](O)[C@@H](O)[C@@H]1O. The highest BCUT2D eigenvalue weighted by atomic mass is 35.5. The molecule has 0 spiro atoms. The van der Waals surface area contributed by atoms with Crippen LogP contribution >= 0.6 is 22.9 Å². The first-order valence-corrected chi connectivity index (χ1v) is 11.0. The summed E-state index contributed by atoms with van der Waals surface area (Å²) in [4.78, 5) is 5.19. The Hall–Kier alpha value is -1.98. The van der Waals surface area contributed by atoms with Crippen molar-refractivity contribution in [2.75, 3.05) is 6.61 Å². The van der Waals surface area contributed by atoms with Crippen molar-refractivity contribution in [3.05, 3.63) is 75.4 Å². The lowest BCUT2D eigenvalue weighted by Crippen LogP contribution is -2.55. The number of nitrogens with zero attached hydrogens (tertiary/aromatic N) is 1. The van der Waals surface area contributed by atoms with Crippen molar-refractivity contribution < 1.29 is 33.9 Å². The molecule has 10 heteroatoms. The number of aliphatic hydroxyl groups excluding tert-OH is 4. The molecule has 0 amide bonds. The zero-order valence-electron chi connectivity index (χ0n) is 16.5. The predicted octanol–water partition coefficient (Wildman–Crippen LogP) is 2.85. The van der Waals surface area contributed by atoms with Gasteiger partial charge in [-0.15, -0.1) is 11.3 Å². The molecule has 170 valence electrons. The van der Waals surface area contributed by atoms with E-state index in [0.29, 0.717) is 10.6 Å². The van der Waals surface area contributed by atoms with Gasteiger partial charge in [0.2, 0.25) is 0 Å². The number of benzene rings is 2. The lowest BCUT2D eigenvalue weighted by molar-refractivity contribution is -0.232. The topological polar surface area (TPSA) is 103 Å². The Morgan fingerprint density at radius 3 is 2.44 bits per heavy atom. The van der Waals surface area contributed by atoms with Crippen molar-refractivity contribution in [2.45, 2.75) is 36.9 Å². The number of thiazole rings is 1. The molecular formula is C22H20ClF2NO5S. The molecule has 2 heterocycles. The van der Waals surface area contributed by atoms with Gasteiger partial charge in [-0.25, -0.2) is 13.8 Å². The Morgan fingerprint density at radius 2 is 1.75 bits per heavy atom. The number of hydrogen-bond donors (Lipinski definition) is 4. The van der Waals surface area contributed by atoms with Crippen molar-refractivity contribution in [2.24, 2.45) is 0 Å². The van der Waals surface area contributed by atoms with Crippen molar-refractivity contribution in [1.29, 1.82) is 0 Å². The van der Waals surface area contributed by atoms with E-state index in [1.54, 1.807) is 18.3 Å². The average Bonchev–Trinajstić information content (AvgIpc) is 3.24. The van der Waals surface area contributed by atoms with Gasteiger partial charge in [-0.05, 0) is 35.4 Å². The summed E-state index contributed by atoms with van der Waals surface area (Å²) in [6.07, 6.45) is -5.33. The van der Waals surface area contributed by atoms with Crippen LogP contribution in [-0.2, 0) is 11.2 Å². The molecule has 4 N–H and O–H groups in total. The third kappa shape index (κ3) is 4.55. The monoisotopic (exact) mass is 483 g/mol. The summed E-state index contributed by atoms with van der Waals surface area (Å²) in [5, 5.41) is 40.6. The van der Waals surface area contributed by atoms with Crippen LogP contribution in [0.3, 0.4) is 0 Å². The first kappa shape index (κ1) is 23.2. The third-order valence-electron chi connectivity index (χ3n) is 5.39. The number of ether oxygens (including phenoxy) is 1. The van der Waals surface area contributed by atoms with Crippen LogP contribution < -0.4 is 0 Å². The number of aromatic nitrogens is 1. The summed E-state index contributed by atoms with van der Waals surface area (Å²) in [5.74, 6) is -1.09. The van der Waals surface area contributed by atoms with Gasteiger partial charge in [0, 0.05) is 23.2 Å². The Kier molecular flexibility index (Phi) is 6.87. The van der Waals surface area contributed by atoms with Gasteiger partial charge in [-0.3, -0.25) is 0 Å². The van der Waals surface area contributed by atoms with Crippen LogP contribution in [0, 0.1) is 11.6 Å². The van der Waals surface area contributed by atoms with E-state index < -0.39 is 42.9 Å². The quantitative estimate of drug-likeness (QED) is 0.445. The van der Waals surface area contributed by atoms with Crippen LogP contribution in [0.2, 0.25) is 5.02 Å². The number of hydrogen-bond acceptors (Lipinski definition) is 7. The number of aliphatic hydroxyl groups is 4. The van der Waals surface area contributed by atoms with Crippen LogP contribution in [0.5, 0.6) is 0 Å². The first-order chi connectivity index (χ1) is 15.3. The van der Waals surface area contributed by atoms with Crippen molar-refractivity contribution in [1.82, 2.24) is 4.98 Å². The minimum absolute atomic E-state index is 0.0587. The molecule has 4 rings (SSSR count). The van der Waals surface area contributed by atoms with Gasteiger partial charge in [-0.1, -0.05) is 23.7 Å². The molecule has 0 radical (unpaired) electrons. The van der Waals surface area contributed by atoms with Gasteiger partial charge in [0.05, 0.1) is 16.5 Å². The summed E-state index contributed by atoms with van der Waals surface area (Å²) >= 11 is 7.61. The molecule has 1 aliphatic heterocycles. The Labute approximate surface area is 191 Å². The minimum atomic E-state index is -1.62. The highest BCUT2D eigenvalue weighted by Crippen LogP contribution is 2.36. The average molecular weight is 484 g/mol. The Balaban J connectivity index is 1.61. The molecule has 32 heavy (non-hydrogen) atoms. The largest absolute Gasteiger partial charge is 0.394 e. The first-order valence-electron chi connectivity index (χ1n) is 9.77. The maximum absolute atomic E-state index is 14.7. The molecule has 1 aliphatic rings. The van der Waals surface area contributed by atoms with Crippen LogP contribution in [0.25, 0.3) is 10.4 Å². The van der Waals surface area contributed by atoms with Gasteiger partial charge < -0.3 is 25.2 Å². The number of halogens is 3. The fourth-order valence-corrected chi connectivity index (χ4v) is 4.79. The van der Waals surface area contributed by atoms with E-state index in [-0.39, 0.29) is 22.8 Å². The van der Waals surface area contributed by atoms with Crippen LogP contribution in [0.15, 0.2) is 42.6 Å². The molecule has 6 nitrogen and oxygen atoms in total. The molecule has 0 unspecified atom stereocenters. The Bertz CT molecular complexity index is 1090. The molecule has 0 saturated carbocycles. The van der Waals surface area contributed by atoms with Crippen LogP contribution in [-0.4, -0.2) is 56.4 Å². The zero-order valence-corrected chi connectivity index (χ0v) is 18.1. The maximum Gasteiger partial charge on any atom is 0.130 e. The third-order valence-corrected chi connectivity index (χ3v) is 6.79. The highest BCUT2D eigenvalue weighted by molar-refractivity contribution is 7.15. The summed E-state index contributed by atoms with van der Waals surface area (Å²) in [6, 6.07) is 8.52. The van der Waals surface area contributed by atoms with E-state index in [2.05, 4.69) is 4.98 Å². The molecule has 1 saturated heterocycles. The van der Waals surface area contributed by atoms with E-state index >= 15 is 0 Å². The maximum atomic E-state index is 14.7. The molecule has 0 aliphatic carbocycles. The molecule has 2 aromatic carbocycles. The van der Waals surface area contributed by atoms with Gasteiger partial charge in [0.15, 0.2) is 0 Å².